The van der Waals surface area contributed by atoms with Crippen LogP contribution in [0.3, 0.4) is 0 Å². The van der Waals surface area contributed by atoms with Crippen molar-refractivity contribution in [2.45, 2.75) is 32.8 Å². The van der Waals surface area contributed by atoms with Crippen molar-refractivity contribution in [3.8, 4) is 11.5 Å². The summed E-state index contributed by atoms with van der Waals surface area (Å²) in [5.41, 5.74) is 1.16. The van der Waals surface area contributed by atoms with E-state index in [4.69, 9.17) is 26.1 Å². The predicted molar refractivity (Wildman–Crippen MR) is 144 cm³/mol. The molecule has 1 atom stereocenters. The van der Waals surface area contributed by atoms with Crippen molar-refractivity contribution in [3.05, 3.63) is 97.2 Å². The molecule has 0 spiro atoms. The minimum absolute atomic E-state index is 0.0198. The summed E-state index contributed by atoms with van der Waals surface area (Å²) in [6.07, 6.45) is 2.25. The van der Waals surface area contributed by atoms with Gasteiger partial charge in [-0.3, -0.25) is 4.79 Å². The second-order valence-electron chi connectivity index (χ2n) is 8.21. The minimum Gasteiger partial charge on any atom is -0.493 e. The van der Waals surface area contributed by atoms with Crippen molar-refractivity contribution in [1.82, 2.24) is 9.66 Å². The molecule has 6 nitrogen and oxygen atoms in total. The van der Waals surface area contributed by atoms with Crippen molar-refractivity contribution >= 4 is 44.6 Å². The van der Waals surface area contributed by atoms with Crippen LogP contribution >= 0.6 is 27.5 Å². The highest BCUT2D eigenvalue weighted by atomic mass is 79.9. The summed E-state index contributed by atoms with van der Waals surface area (Å²) in [6.45, 7) is 3.98. The molecular formula is C27H24BrClFN3O3. The number of halogens is 3. The van der Waals surface area contributed by atoms with Crippen molar-refractivity contribution in [2.75, 3.05) is 7.11 Å². The Hall–Kier alpha value is -3.23. The third-order valence-electron chi connectivity index (χ3n) is 5.80. The Morgan fingerprint density at radius 1 is 1.22 bits per heavy atom. The summed E-state index contributed by atoms with van der Waals surface area (Å²) in [7, 11) is 1.49. The van der Waals surface area contributed by atoms with Crippen molar-refractivity contribution in [3.63, 3.8) is 0 Å². The van der Waals surface area contributed by atoms with E-state index in [1.807, 2.05) is 19.9 Å². The van der Waals surface area contributed by atoms with Gasteiger partial charge < -0.3 is 9.47 Å². The third kappa shape index (κ3) is 5.44. The van der Waals surface area contributed by atoms with Gasteiger partial charge >= 0.3 is 0 Å². The highest BCUT2D eigenvalue weighted by Crippen LogP contribution is 2.35. The Morgan fingerprint density at radius 2 is 2.00 bits per heavy atom. The van der Waals surface area contributed by atoms with E-state index in [-0.39, 0.29) is 23.9 Å². The van der Waals surface area contributed by atoms with Crippen LogP contribution in [-0.2, 0) is 6.61 Å². The van der Waals surface area contributed by atoms with Gasteiger partial charge in [-0.1, -0.05) is 59.6 Å². The summed E-state index contributed by atoms with van der Waals surface area (Å²) in [5.74, 6) is 0.822. The molecule has 3 aromatic carbocycles. The molecule has 1 aromatic heterocycles. The monoisotopic (exact) mass is 571 g/mol. The topological polar surface area (TPSA) is 65.7 Å². The summed E-state index contributed by atoms with van der Waals surface area (Å²) in [5, 5.41) is 5.34. The Kier molecular flexibility index (Phi) is 8.06. The van der Waals surface area contributed by atoms with E-state index < -0.39 is 0 Å². The quantitative estimate of drug-likeness (QED) is 0.215. The second kappa shape index (κ2) is 11.2. The molecule has 0 fully saturated rings. The Morgan fingerprint density at radius 3 is 2.72 bits per heavy atom. The molecule has 0 amide bonds. The highest BCUT2D eigenvalue weighted by Gasteiger charge is 2.17. The maximum atomic E-state index is 14.2. The zero-order valence-electron chi connectivity index (χ0n) is 20.0. The van der Waals surface area contributed by atoms with Crippen LogP contribution in [0.4, 0.5) is 4.39 Å². The van der Waals surface area contributed by atoms with Gasteiger partial charge in [0, 0.05) is 32.6 Å². The van der Waals surface area contributed by atoms with Crippen LogP contribution in [0.1, 0.15) is 43.1 Å². The average molecular weight is 573 g/mol. The van der Waals surface area contributed by atoms with Gasteiger partial charge in [0.05, 0.1) is 24.2 Å². The first-order valence-electron chi connectivity index (χ1n) is 11.3. The maximum absolute atomic E-state index is 14.2. The molecule has 0 aliphatic carbocycles. The Labute approximate surface area is 221 Å². The van der Waals surface area contributed by atoms with E-state index in [2.05, 4.69) is 21.0 Å². The zero-order chi connectivity index (χ0) is 25.8. The lowest BCUT2D eigenvalue weighted by Crippen LogP contribution is -2.23. The van der Waals surface area contributed by atoms with Crippen molar-refractivity contribution in [2.24, 2.45) is 5.10 Å². The first-order chi connectivity index (χ1) is 17.3. The molecule has 36 heavy (non-hydrogen) atoms. The van der Waals surface area contributed by atoms with E-state index in [0.29, 0.717) is 44.4 Å². The molecule has 4 rings (SSSR count). The van der Waals surface area contributed by atoms with Gasteiger partial charge in [-0.05, 0) is 36.8 Å². The first kappa shape index (κ1) is 25.9. The molecule has 0 radical (unpaired) electrons. The second-order valence-corrected chi connectivity index (χ2v) is 9.56. The largest absolute Gasteiger partial charge is 0.493 e. The fourth-order valence-electron chi connectivity index (χ4n) is 3.66. The predicted octanol–water partition coefficient (Wildman–Crippen LogP) is 6.93. The normalized spacial score (nSPS) is 12.3. The number of hydrogen-bond acceptors (Lipinski definition) is 5. The van der Waals surface area contributed by atoms with Crippen LogP contribution in [-0.4, -0.2) is 23.0 Å². The van der Waals surface area contributed by atoms with Gasteiger partial charge in [-0.15, -0.1) is 0 Å². The zero-order valence-corrected chi connectivity index (χ0v) is 22.3. The van der Waals surface area contributed by atoms with Crippen LogP contribution in [0.15, 0.2) is 69.0 Å². The lowest BCUT2D eigenvalue weighted by Gasteiger charge is -2.16. The molecule has 0 aliphatic heterocycles. The van der Waals surface area contributed by atoms with E-state index >= 15 is 0 Å². The standard InChI is InChI=1S/C27H24BrClFN3O3/c1-4-16(2)26-32-23-10-9-19(28)12-21(23)27(34)33(26)31-14-18-11-20(29)13-24(35-3)25(18)36-15-17-7-5-6-8-22(17)30/h5-14,16H,4,15H2,1-3H3/t16-/m1/s1. The highest BCUT2D eigenvalue weighted by molar-refractivity contribution is 9.10. The summed E-state index contributed by atoms with van der Waals surface area (Å²) in [6, 6.07) is 15.0. The molecule has 4 aromatic rings. The molecule has 0 unspecified atom stereocenters. The SMILES string of the molecule is CC[C@@H](C)c1nc2ccc(Br)cc2c(=O)n1N=Cc1cc(Cl)cc(OC)c1OCc1ccccc1F. The smallest absolute Gasteiger partial charge is 0.282 e. The number of methoxy groups -OCH3 is 1. The molecule has 0 saturated carbocycles. The van der Waals surface area contributed by atoms with Gasteiger partial charge in [0.2, 0.25) is 0 Å². The minimum atomic E-state index is -0.376. The number of ether oxygens (including phenoxy) is 2. The van der Waals surface area contributed by atoms with E-state index in [9.17, 15) is 9.18 Å². The summed E-state index contributed by atoms with van der Waals surface area (Å²) in [4.78, 5) is 18.2. The van der Waals surface area contributed by atoms with Crippen molar-refractivity contribution < 1.29 is 13.9 Å². The molecule has 186 valence electrons. The first-order valence-corrected chi connectivity index (χ1v) is 12.5. The lowest BCUT2D eigenvalue weighted by molar-refractivity contribution is 0.279. The molecule has 0 N–H and O–H groups in total. The van der Waals surface area contributed by atoms with Crippen LogP contribution in [0.5, 0.6) is 11.5 Å². The van der Waals surface area contributed by atoms with Gasteiger partial charge in [-0.2, -0.15) is 9.78 Å². The maximum Gasteiger partial charge on any atom is 0.282 e. The van der Waals surface area contributed by atoms with Gasteiger partial charge in [0.1, 0.15) is 18.2 Å². The molecule has 0 saturated heterocycles. The number of benzene rings is 3. The fraction of sp³-hybridized carbons (Fsp3) is 0.222. The number of aromatic nitrogens is 2. The van der Waals surface area contributed by atoms with Crippen LogP contribution in [0, 0.1) is 5.82 Å². The molecule has 0 aliphatic rings. The van der Waals surface area contributed by atoms with Gasteiger partial charge in [0.15, 0.2) is 11.5 Å². The average Bonchev–Trinajstić information content (AvgIpc) is 2.87. The number of nitrogens with zero attached hydrogens (tertiary/aromatic N) is 3. The van der Waals surface area contributed by atoms with Gasteiger partial charge in [0.25, 0.3) is 5.56 Å². The molecule has 1 heterocycles. The Bertz CT molecular complexity index is 1510. The molecule has 9 heteroatoms. The van der Waals surface area contributed by atoms with Gasteiger partial charge in [-0.25, -0.2) is 9.37 Å². The molecule has 0 bridgehead atoms. The van der Waals surface area contributed by atoms with Crippen LogP contribution in [0.2, 0.25) is 5.02 Å². The Balaban J connectivity index is 1.82. The van der Waals surface area contributed by atoms with Crippen molar-refractivity contribution in [1.29, 1.82) is 0 Å². The molecular weight excluding hydrogens is 549 g/mol. The summed E-state index contributed by atoms with van der Waals surface area (Å²) < 4.78 is 27.6. The number of hydrogen-bond donors (Lipinski definition) is 0. The summed E-state index contributed by atoms with van der Waals surface area (Å²) >= 11 is 9.73. The van der Waals surface area contributed by atoms with Crippen LogP contribution < -0.4 is 15.0 Å². The third-order valence-corrected chi connectivity index (χ3v) is 6.51. The number of rotatable bonds is 8. The van der Waals surface area contributed by atoms with E-state index in [1.165, 1.54) is 24.1 Å². The van der Waals surface area contributed by atoms with E-state index in [0.717, 1.165) is 10.9 Å². The van der Waals surface area contributed by atoms with Crippen LogP contribution in [0.25, 0.3) is 10.9 Å². The van der Waals surface area contributed by atoms with E-state index in [1.54, 1.807) is 42.5 Å². The fourth-order valence-corrected chi connectivity index (χ4v) is 4.23. The number of fused-ring (bicyclic) bond motifs is 1. The lowest BCUT2D eigenvalue weighted by atomic mass is 10.1.